The topological polar surface area (TPSA) is 114 Å². The lowest BCUT2D eigenvalue weighted by atomic mass is 10.0. The van der Waals surface area contributed by atoms with E-state index in [2.05, 4.69) is 50.4 Å². The van der Waals surface area contributed by atoms with Crippen molar-refractivity contribution >= 4 is 19.7 Å². The molecule has 0 rings (SSSR count). The molecule has 0 aliphatic heterocycles. The number of unbranched alkanes of at least 4 members (excludes halogenated alkanes) is 42. The molecule has 0 aliphatic carbocycles. The minimum absolute atomic E-state index is 0.0208. The summed E-state index contributed by atoms with van der Waals surface area (Å²) in [6, 6.07) is -0.887. The van der Waals surface area contributed by atoms with Gasteiger partial charge in [0.25, 0.3) is 7.82 Å². The number of nitrogens with zero attached hydrogens (tertiary/aromatic N) is 1. The molecule has 1 N–H and O–H groups in total. The van der Waals surface area contributed by atoms with Crippen LogP contribution in [0.2, 0.25) is 0 Å². The lowest BCUT2D eigenvalue weighted by Crippen LogP contribution is -2.47. The molecule has 0 aromatic carbocycles. The van der Waals surface area contributed by atoms with E-state index >= 15 is 0 Å². The maximum Gasteiger partial charge on any atom is 0.306 e. The molecular weight excluding hydrogens is 988 g/mol. The van der Waals surface area contributed by atoms with Crippen molar-refractivity contribution in [2.45, 2.75) is 348 Å². The van der Waals surface area contributed by atoms with Gasteiger partial charge >= 0.3 is 5.97 Å². The van der Waals surface area contributed by atoms with E-state index in [1.165, 1.54) is 231 Å². The first-order chi connectivity index (χ1) is 37.9. The van der Waals surface area contributed by atoms with Gasteiger partial charge in [0.2, 0.25) is 5.91 Å². The van der Waals surface area contributed by atoms with Crippen molar-refractivity contribution in [1.82, 2.24) is 5.32 Å². The molecule has 3 atom stereocenters. The van der Waals surface area contributed by atoms with Crippen LogP contribution >= 0.6 is 7.82 Å². The monoisotopic (exact) mass is 1120 g/mol. The second kappa shape index (κ2) is 58.4. The fourth-order valence-corrected chi connectivity index (χ4v) is 10.8. The zero-order valence-corrected chi connectivity index (χ0v) is 53.5. The zero-order chi connectivity index (χ0) is 57.2. The number of carbonyl (C=O) groups is 2. The Morgan fingerprint density at radius 2 is 0.744 bits per heavy atom. The van der Waals surface area contributed by atoms with Gasteiger partial charge in [-0.05, 0) is 83.1 Å². The van der Waals surface area contributed by atoms with Crippen molar-refractivity contribution in [2.24, 2.45) is 0 Å². The molecule has 0 heterocycles. The van der Waals surface area contributed by atoms with Crippen molar-refractivity contribution in [3.63, 3.8) is 0 Å². The van der Waals surface area contributed by atoms with Crippen molar-refractivity contribution in [3.8, 4) is 0 Å². The first-order valence-electron chi connectivity index (χ1n) is 33.8. The molecule has 0 spiro atoms. The van der Waals surface area contributed by atoms with E-state index in [9.17, 15) is 19.0 Å². The second-order valence-corrected chi connectivity index (χ2v) is 25.7. The number of carbonyl (C=O) groups excluding carboxylic acids is 2. The predicted molar refractivity (Wildman–Crippen MR) is 335 cm³/mol. The SMILES string of the molecule is CCCCCCCC/C=C/CCCCCCCCCCCCCCCC(=O)NC(COP(=O)([O-])OCC[N+](C)(C)C)C(/C=C\CCCCCCCCCCCC)OC(=O)CCCCCCCCC/C=C/CCCCCCCC. The largest absolute Gasteiger partial charge is 0.756 e. The molecule has 0 saturated heterocycles. The van der Waals surface area contributed by atoms with E-state index in [0.717, 1.165) is 70.6 Å². The molecule has 10 heteroatoms. The first-order valence-corrected chi connectivity index (χ1v) is 35.3. The number of rotatable bonds is 62. The quantitative estimate of drug-likeness (QED) is 0.0212. The molecule has 460 valence electrons. The summed E-state index contributed by atoms with van der Waals surface area (Å²) < 4.78 is 30.4. The van der Waals surface area contributed by atoms with Crippen LogP contribution in [-0.4, -0.2) is 69.4 Å². The lowest BCUT2D eigenvalue weighted by Gasteiger charge is -2.30. The fourth-order valence-electron chi connectivity index (χ4n) is 10.0. The first kappa shape index (κ1) is 76.2. The number of nitrogens with one attached hydrogen (secondary N) is 1. The van der Waals surface area contributed by atoms with Gasteiger partial charge in [-0.25, -0.2) is 0 Å². The van der Waals surface area contributed by atoms with E-state index in [4.69, 9.17) is 13.8 Å². The highest BCUT2D eigenvalue weighted by atomic mass is 31.2. The van der Waals surface area contributed by atoms with Crippen LogP contribution in [0.5, 0.6) is 0 Å². The summed E-state index contributed by atoms with van der Waals surface area (Å²) in [5, 5.41) is 3.04. The number of quaternary nitrogens is 1. The van der Waals surface area contributed by atoms with E-state index < -0.39 is 20.0 Å². The summed E-state index contributed by atoms with van der Waals surface area (Å²) in [7, 11) is 1.20. The van der Waals surface area contributed by atoms with Crippen molar-refractivity contribution < 1.29 is 37.3 Å². The van der Waals surface area contributed by atoms with Crippen LogP contribution in [0.1, 0.15) is 335 Å². The Balaban J connectivity index is 5.11. The number of hydrogen-bond donors (Lipinski definition) is 1. The highest BCUT2D eigenvalue weighted by molar-refractivity contribution is 7.45. The Hall–Kier alpha value is -1.77. The number of phosphoric ester groups is 1. The number of esters is 1. The van der Waals surface area contributed by atoms with Crippen molar-refractivity contribution in [2.75, 3.05) is 40.9 Å². The van der Waals surface area contributed by atoms with Crippen LogP contribution in [0.3, 0.4) is 0 Å². The standard InChI is InChI=1S/C68H131N2O7P/c1-7-10-13-16-19-22-25-28-30-32-33-34-35-36-37-39-40-42-45-48-51-54-57-60-67(71)69-65(64-76-78(73,74)75-63-62-70(4,5)6)66(59-56-53-50-47-44-27-24-21-18-15-12-9-3)77-68(72)61-58-55-52-49-46-43-41-38-31-29-26-23-20-17-14-11-8-2/h28-31,56,59,65-66H,7-27,32-55,57-58,60-64H2,1-6H3,(H-,69,71,73,74)/b30-28+,31-29+,59-56-. The van der Waals surface area contributed by atoms with Crippen LogP contribution in [-0.2, 0) is 27.9 Å². The Morgan fingerprint density at radius 3 is 1.09 bits per heavy atom. The van der Waals surface area contributed by atoms with E-state index in [1.807, 2.05) is 33.3 Å². The van der Waals surface area contributed by atoms with Crippen LogP contribution in [0.15, 0.2) is 36.5 Å². The summed E-state index contributed by atoms with van der Waals surface area (Å²) in [6.07, 6.45) is 71.1. The van der Waals surface area contributed by atoms with Crippen LogP contribution in [0.4, 0.5) is 0 Å². The van der Waals surface area contributed by atoms with Crippen LogP contribution in [0.25, 0.3) is 0 Å². The summed E-state index contributed by atoms with van der Waals surface area (Å²) in [6.45, 7) is 6.88. The molecule has 0 saturated carbocycles. The number of amides is 1. The van der Waals surface area contributed by atoms with E-state index in [0.29, 0.717) is 17.4 Å². The molecule has 0 aliphatic rings. The third-order valence-electron chi connectivity index (χ3n) is 15.3. The van der Waals surface area contributed by atoms with Crippen molar-refractivity contribution in [3.05, 3.63) is 36.5 Å². The molecule has 0 fully saturated rings. The summed E-state index contributed by atoms with van der Waals surface area (Å²) in [5.41, 5.74) is 0. The summed E-state index contributed by atoms with van der Waals surface area (Å²) in [4.78, 5) is 40.1. The molecule has 1 amide bonds. The Morgan fingerprint density at radius 1 is 0.436 bits per heavy atom. The van der Waals surface area contributed by atoms with Gasteiger partial charge in [0.05, 0.1) is 33.8 Å². The van der Waals surface area contributed by atoms with Gasteiger partial charge < -0.3 is 28.5 Å². The van der Waals surface area contributed by atoms with E-state index in [1.54, 1.807) is 0 Å². The fraction of sp³-hybridized carbons (Fsp3) is 0.882. The molecule has 9 nitrogen and oxygen atoms in total. The number of ether oxygens (including phenoxy) is 1. The van der Waals surface area contributed by atoms with Crippen LogP contribution < -0.4 is 10.2 Å². The van der Waals surface area contributed by atoms with Gasteiger partial charge in [-0.1, -0.05) is 276 Å². The normalized spacial score (nSPS) is 13.8. The highest BCUT2D eigenvalue weighted by Gasteiger charge is 2.27. The molecule has 0 aromatic rings. The van der Waals surface area contributed by atoms with Gasteiger partial charge in [0.15, 0.2) is 0 Å². The average Bonchev–Trinajstić information content (AvgIpc) is 3.40. The number of phosphoric acid groups is 1. The summed E-state index contributed by atoms with van der Waals surface area (Å²) >= 11 is 0. The third kappa shape index (κ3) is 58.9. The van der Waals surface area contributed by atoms with Gasteiger partial charge in [0, 0.05) is 12.8 Å². The minimum atomic E-state index is -4.70. The summed E-state index contributed by atoms with van der Waals surface area (Å²) in [5.74, 6) is -0.531. The molecular formula is C68H131N2O7P. The smallest absolute Gasteiger partial charge is 0.306 e. The molecule has 0 radical (unpaired) electrons. The van der Waals surface area contributed by atoms with Gasteiger partial charge in [0.1, 0.15) is 19.3 Å². The van der Waals surface area contributed by atoms with Crippen molar-refractivity contribution in [1.29, 1.82) is 0 Å². The highest BCUT2D eigenvalue weighted by Crippen LogP contribution is 2.38. The van der Waals surface area contributed by atoms with Gasteiger partial charge in [-0.2, -0.15) is 0 Å². The Kier molecular flexibility index (Phi) is 57.1. The number of allylic oxidation sites excluding steroid dienone is 5. The predicted octanol–water partition coefficient (Wildman–Crippen LogP) is 20.4. The van der Waals surface area contributed by atoms with E-state index in [-0.39, 0.29) is 31.5 Å². The Bertz CT molecular complexity index is 1430. The molecule has 0 bridgehead atoms. The average molecular weight is 1120 g/mol. The molecule has 0 aromatic heterocycles. The maximum atomic E-state index is 13.6. The molecule has 78 heavy (non-hydrogen) atoms. The number of hydrogen-bond acceptors (Lipinski definition) is 7. The van der Waals surface area contributed by atoms with Gasteiger partial charge in [-0.3, -0.25) is 14.2 Å². The second-order valence-electron chi connectivity index (χ2n) is 24.3. The minimum Gasteiger partial charge on any atom is -0.756 e. The third-order valence-corrected chi connectivity index (χ3v) is 16.3. The van der Waals surface area contributed by atoms with Crippen LogP contribution in [0, 0.1) is 0 Å². The maximum absolute atomic E-state index is 13.6. The lowest BCUT2D eigenvalue weighted by molar-refractivity contribution is -0.870. The van der Waals surface area contributed by atoms with Gasteiger partial charge in [-0.15, -0.1) is 0 Å². The Labute approximate surface area is 485 Å². The number of likely N-dealkylation sites (N-methyl/N-ethyl adjacent to an activating group) is 1. The molecule has 3 unspecified atom stereocenters. The zero-order valence-electron chi connectivity index (χ0n) is 52.6.